The molecule has 0 unspecified atom stereocenters. The third-order valence-electron chi connectivity index (χ3n) is 4.94. The minimum absolute atomic E-state index is 0.333. The largest absolute Gasteiger partial charge is 0.492 e. The van der Waals surface area contributed by atoms with Crippen molar-refractivity contribution < 1.29 is 4.74 Å². The van der Waals surface area contributed by atoms with Gasteiger partial charge < -0.3 is 21.1 Å². The highest BCUT2D eigenvalue weighted by molar-refractivity contribution is 5.78. The smallest absolute Gasteiger partial charge is 0.177 e. The van der Waals surface area contributed by atoms with Crippen LogP contribution in [0.2, 0.25) is 0 Å². The fourth-order valence-electron chi connectivity index (χ4n) is 3.55. The second-order valence-electron chi connectivity index (χ2n) is 6.95. The van der Waals surface area contributed by atoms with Crippen molar-refractivity contribution >= 4 is 22.8 Å². The molecule has 27 heavy (non-hydrogen) atoms. The molecular weight excluding hydrogens is 340 g/mol. The fraction of sp³-hybridized carbons (Fsp3) is 0.400. The number of anilines is 3. The lowest BCUT2D eigenvalue weighted by atomic mass is 9.92. The van der Waals surface area contributed by atoms with Crippen LogP contribution in [0.25, 0.3) is 5.65 Å². The van der Waals surface area contributed by atoms with Crippen molar-refractivity contribution in [2.24, 2.45) is 5.73 Å². The van der Waals surface area contributed by atoms with E-state index in [9.17, 15) is 0 Å². The maximum atomic E-state index is 6.02. The lowest BCUT2D eigenvalue weighted by molar-refractivity contribution is 0.342. The maximum absolute atomic E-state index is 6.02. The molecule has 4 rings (SSSR count). The molecule has 1 aliphatic rings. The van der Waals surface area contributed by atoms with E-state index < -0.39 is 0 Å². The SMILES string of the molecule is CCOc1ccccc1Nc1cc(NC2CCC(N)CC2)nn2ccnc12. The zero-order valence-corrected chi connectivity index (χ0v) is 15.6. The van der Waals surface area contributed by atoms with Gasteiger partial charge >= 0.3 is 0 Å². The molecule has 7 nitrogen and oxygen atoms in total. The molecule has 1 saturated carbocycles. The van der Waals surface area contributed by atoms with Crippen LogP contribution in [0.5, 0.6) is 5.75 Å². The van der Waals surface area contributed by atoms with Gasteiger partial charge in [-0.3, -0.25) is 0 Å². The maximum Gasteiger partial charge on any atom is 0.177 e. The Hall–Kier alpha value is -2.80. The standard InChI is InChI=1S/C20H26N6O/c1-2-27-18-6-4-3-5-16(18)24-17-13-19(25-26-12-11-22-20(17)26)23-15-9-7-14(21)8-10-15/h3-6,11-15,24H,2,7-10,21H2,1H3,(H,23,25). The van der Waals surface area contributed by atoms with Crippen molar-refractivity contribution in [3.8, 4) is 5.75 Å². The first-order chi connectivity index (χ1) is 13.2. The Morgan fingerprint density at radius 2 is 2.00 bits per heavy atom. The van der Waals surface area contributed by atoms with E-state index in [4.69, 9.17) is 10.5 Å². The number of aromatic nitrogens is 3. The Labute approximate surface area is 158 Å². The van der Waals surface area contributed by atoms with Crippen molar-refractivity contribution in [1.82, 2.24) is 14.6 Å². The molecule has 2 heterocycles. The summed E-state index contributed by atoms with van der Waals surface area (Å²) in [5.74, 6) is 1.65. The van der Waals surface area contributed by atoms with Crippen molar-refractivity contribution in [1.29, 1.82) is 0 Å². The molecular formula is C20H26N6O. The van der Waals surface area contributed by atoms with Crippen LogP contribution in [0.1, 0.15) is 32.6 Å². The van der Waals surface area contributed by atoms with Gasteiger partial charge in [0.2, 0.25) is 0 Å². The molecule has 0 spiro atoms. The molecule has 0 aliphatic heterocycles. The molecule has 0 saturated heterocycles. The lowest BCUT2D eigenvalue weighted by Crippen LogP contribution is -2.33. The average Bonchev–Trinajstić information content (AvgIpc) is 3.14. The van der Waals surface area contributed by atoms with Crippen LogP contribution in [-0.2, 0) is 0 Å². The molecule has 3 aromatic rings. The minimum atomic E-state index is 0.333. The number of nitrogens with two attached hydrogens (primary N) is 1. The number of hydrogen-bond donors (Lipinski definition) is 3. The number of nitrogens with one attached hydrogen (secondary N) is 2. The molecule has 0 radical (unpaired) electrons. The first-order valence-electron chi connectivity index (χ1n) is 9.58. The molecule has 4 N–H and O–H groups in total. The van der Waals surface area contributed by atoms with E-state index in [0.717, 1.165) is 54.3 Å². The van der Waals surface area contributed by atoms with E-state index in [1.807, 2.05) is 43.5 Å². The van der Waals surface area contributed by atoms with Crippen LogP contribution in [0.15, 0.2) is 42.7 Å². The molecule has 1 fully saturated rings. The molecule has 1 aliphatic carbocycles. The van der Waals surface area contributed by atoms with Crippen LogP contribution in [0.4, 0.5) is 17.2 Å². The van der Waals surface area contributed by atoms with Gasteiger partial charge in [0.25, 0.3) is 0 Å². The molecule has 0 bridgehead atoms. The Bertz CT molecular complexity index is 900. The second-order valence-corrected chi connectivity index (χ2v) is 6.95. The summed E-state index contributed by atoms with van der Waals surface area (Å²) in [6.45, 7) is 2.60. The summed E-state index contributed by atoms with van der Waals surface area (Å²) < 4.78 is 7.53. The zero-order valence-electron chi connectivity index (χ0n) is 15.6. The van der Waals surface area contributed by atoms with Gasteiger partial charge in [0.05, 0.1) is 18.0 Å². The number of fused-ring (bicyclic) bond motifs is 1. The summed E-state index contributed by atoms with van der Waals surface area (Å²) in [6, 6.07) is 10.7. The molecule has 7 heteroatoms. The van der Waals surface area contributed by atoms with E-state index in [2.05, 4.69) is 20.7 Å². The zero-order chi connectivity index (χ0) is 18.6. The Balaban J connectivity index is 1.61. The van der Waals surface area contributed by atoms with E-state index in [0.29, 0.717) is 18.7 Å². The van der Waals surface area contributed by atoms with Gasteiger partial charge in [-0.25, -0.2) is 9.50 Å². The predicted molar refractivity (Wildman–Crippen MR) is 108 cm³/mol. The van der Waals surface area contributed by atoms with Crippen LogP contribution < -0.4 is 21.1 Å². The van der Waals surface area contributed by atoms with Crippen LogP contribution in [-0.4, -0.2) is 33.3 Å². The van der Waals surface area contributed by atoms with Crippen molar-refractivity contribution in [3.63, 3.8) is 0 Å². The number of para-hydroxylation sites is 2. The Morgan fingerprint density at radius 1 is 1.19 bits per heavy atom. The number of nitrogens with zero attached hydrogens (tertiary/aromatic N) is 3. The summed E-state index contributed by atoms with van der Waals surface area (Å²) in [4.78, 5) is 4.44. The summed E-state index contributed by atoms with van der Waals surface area (Å²) in [5, 5.41) is 11.7. The Kier molecular flexibility index (Phi) is 5.11. The van der Waals surface area contributed by atoms with Gasteiger partial charge in [-0.1, -0.05) is 12.1 Å². The first kappa shape index (κ1) is 17.6. The first-order valence-corrected chi connectivity index (χ1v) is 9.58. The third-order valence-corrected chi connectivity index (χ3v) is 4.94. The van der Waals surface area contributed by atoms with Gasteiger partial charge in [-0.2, -0.15) is 0 Å². The molecule has 142 valence electrons. The number of ether oxygens (including phenoxy) is 1. The lowest BCUT2D eigenvalue weighted by Gasteiger charge is -2.27. The van der Waals surface area contributed by atoms with Gasteiger partial charge in [0.15, 0.2) is 5.65 Å². The minimum Gasteiger partial charge on any atom is -0.492 e. The highest BCUT2D eigenvalue weighted by Crippen LogP contribution is 2.30. The number of rotatable bonds is 6. The van der Waals surface area contributed by atoms with Crippen molar-refractivity contribution in [2.75, 3.05) is 17.2 Å². The molecule has 2 aromatic heterocycles. The molecule has 0 atom stereocenters. The number of benzene rings is 1. The normalized spacial score (nSPS) is 19.8. The third kappa shape index (κ3) is 3.98. The van der Waals surface area contributed by atoms with Crippen LogP contribution >= 0.6 is 0 Å². The van der Waals surface area contributed by atoms with E-state index in [1.54, 1.807) is 10.7 Å². The van der Waals surface area contributed by atoms with E-state index in [-0.39, 0.29) is 0 Å². The average molecular weight is 366 g/mol. The fourth-order valence-corrected chi connectivity index (χ4v) is 3.55. The monoisotopic (exact) mass is 366 g/mol. The van der Waals surface area contributed by atoms with Gasteiger partial charge in [0, 0.05) is 30.5 Å². The summed E-state index contributed by atoms with van der Waals surface area (Å²) >= 11 is 0. The number of imidazole rings is 1. The van der Waals surface area contributed by atoms with Gasteiger partial charge in [-0.05, 0) is 44.7 Å². The van der Waals surface area contributed by atoms with Crippen LogP contribution in [0, 0.1) is 0 Å². The highest BCUT2D eigenvalue weighted by Gasteiger charge is 2.19. The quantitative estimate of drug-likeness (QED) is 0.618. The summed E-state index contributed by atoms with van der Waals surface area (Å²) in [7, 11) is 0. The molecule has 0 amide bonds. The van der Waals surface area contributed by atoms with Crippen molar-refractivity contribution in [3.05, 3.63) is 42.7 Å². The van der Waals surface area contributed by atoms with Gasteiger partial charge in [0.1, 0.15) is 11.6 Å². The summed E-state index contributed by atoms with van der Waals surface area (Å²) in [6.07, 6.45) is 7.86. The highest BCUT2D eigenvalue weighted by atomic mass is 16.5. The Morgan fingerprint density at radius 3 is 2.81 bits per heavy atom. The topological polar surface area (TPSA) is 89.5 Å². The second kappa shape index (κ2) is 7.84. The van der Waals surface area contributed by atoms with Gasteiger partial charge in [-0.15, -0.1) is 5.10 Å². The van der Waals surface area contributed by atoms with Crippen molar-refractivity contribution in [2.45, 2.75) is 44.7 Å². The number of hydrogen-bond acceptors (Lipinski definition) is 6. The summed E-state index contributed by atoms with van der Waals surface area (Å²) in [5.41, 5.74) is 8.59. The van der Waals surface area contributed by atoms with E-state index >= 15 is 0 Å². The van der Waals surface area contributed by atoms with E-state index in [1.165, 1.54) is 0 Å². The van der Waals surface area contributed by atoms with Crippen LogP contribution in [0.3, 0.4) is 0 Å². The molecule has 1 aromatic carbocycles. The predicted octanol–water partition coefficient (Wildman–Crippen LogP) is 3.55.